The molecule has 24 heavy (non-hydrogen) atoms. The molecule has 2 aromatic rings. The average Bonchev–Trinajstić information content (AvgIpc) is 2.94. The Hall–Kier alpha value is -3.17. The Morgan fingerprint density at radius 2 is 2.04 bits per heavy atom. The number of imidazole rings is 1. The van der Waals surface area contributed by atoms with Crippen molar-refractivity contribution in [1.82, 2.24) is 30.6 Å². The maximum Gasteiger partial charge on any atom is 0.325 e. The van der Waals surface area contributed by atoms with E-state index in [1.165, 1.54) is 19.4 Å². The highest BCUT2D eigenvalue weighted by Gasteiger charge is 2.23. The summed E-state index contributed by atoms with van der Waals surface area (Å²) in [5.41, 5.74) is -0.284. The Kier molecular flexibility index (Phi) is 5.30. The number of carbonyl (C=O) groups excluding carboxylic acids is 2. The molecule has 0 spiro atoms. The van der Waals surface area contributed by atoms with Crippen molar-refractivity contribution >= 4 is 11.8 Å². The van der Waals surface area contributed by atoms with Crippen LogP contribution in [0.2, 0.25) is 0 Å². The molecular formula is C14H18N6O4. The number of hydrogen-bond donors (Lipinski definition) is 5. The monoisotopic (exact) mass is 334 g/mol. The van der Waals surface area contributed by atoms with Crippen molar-refractivity contribution in [1.29, 1.82) is 0 Å². The van der Waals surface area contributed by atoms with E-state index in [0.717, 1.165) is 0 Å². The number of nitrogens with zero attached hydrogens (tertiary/aromatic N) is 1. The van der Waals surface area contributed by atoms with E-state index in [0.29, 0.717) is 17.9 Å². The van der Waals surface area contributed by atoms with Gasteiger partial charge in [-0.05, 0) is 6.92 Å². The zero-order valence-electron chi connectivity index (χ0n) is 13.2. The quantitative estimate of drug-likeness (QED) is 0.441. The molecule has 2 rings (SSSR count). The van der Waals surface area contributed by atoms with Crippen LogP contribution in [0.15, 0.2) is 22.1 Å². The summed E-state index contributed by atoms with van der Waals surface area (Å²) in [5, 5.41) is 5.20. The molecular weight excluding hydrogens is 316 g/mol. The first-order chi connectivity index (χ1) is 11.4. The van der Waals surface area contributed by atoms with E-state index in [2.05, 4.69) is 30.6 Å². The second kappa shape index (κ2) is 7.40. The highest BCUT2D eigenvalue weighted by Crippen LogP contribution is 2.16. The van der Waals surface area contributed by atoms with Gasteiger partial charge in [0.2, 0.25) is 11.8 Å². The third-order valence-electron chi connectivity index (χ3n) is 3.25. The number of likely N-dealkylation sites (N-methyl/N-ethyl adjacent to an activating group) is 1. The minimum atomic E-state index is -0.816. The van der Waals surface area contributed by atoms with E-state index in [1.807, 2.05) is 0 Å². The smallest absolute Gasteiger partial charge is 0.325 e. The molecule has 0 saturated heterocycles. The summed E-state index contributed by atoms with van der Waals surface area (Å²) in [6.07, 6.45) is 2.73. The molecule has 0 fully saturated rings. The molecule has 0 saturated carbocycles. The summed E-state index contributed by atoms with van der Waals surface area (Å²) < 4.78 is 0. The SMILES string of the molecule is CCNC(=O)C(Cc1[nH]cnc1-c1c[nH]c(=O)[nH]c1=O)NC(C)=O. The Bertz CT molecular complexity index is 849. The zero-order chi connectivity index (χ0) is 17.7. The minimum Gasteiger partial charge on any atom is -0.355 e. The summed E-state index contributed by atoms with van der Waals surface area (Å²) in [6, 6.07) is -0.816. The van der Waals surface area contributed by atoms with Crippen molar-refractivity contribution in [3.8, 4) is 11.3 Å². The van der Waals surface area contributed by atoms with Gasteiger partial charge in [0.1, 0.15) is 6.04 Å². The van der Waals surface area contributed by atoms with Gasteiger partial charge in [-0.2, -0.15) is 0 Å². The lowest BCUT2D eigenvalue weighted by Crippen LogP contribution is -2.47. The summed E-state index contributed by atoms with van der Waals surface area (Å²) in [7, 11) is 0. The molecule has 0 aliphatic heterocycles. The summed E-state index contributed by atoms with van der Waals surface area (Å²) in [4.78, 5) is 57.9. The first-order valence-corrected chi connectivity index (χ1v) is 7.31. The molecule has 0 aromatic carbocycles. The van der Waals surface area contributed by atoms with Gasteiger partial charge in [-0.1, -0.05) is 0 Å². The second-order valence-electron chi connectivity index (χ2n) is 5.07. The highest BCUT2D eigenvalue weighted by molar-refractivity contribution is 5.87. The molecule has 10 nitrogen and oxygen atoms in total. The van der Waals surface area contributed by atoms with Gasteiger partial charge in [-0.25, -0.2) is 9.78 Å². The van der Waals surface area contributed by atoms with E-state index in [1.54, 1.807) is 6.92 Å². The van der Waals surface area contributed by atoms with Crippen LogP contribution < -0.4 is 21.9 Å². The molecule has 0 bridgehead atoms. The van der Waals surface area contributed by atoms with Gasteiger partial charge in [0.05, 0.1) is 17.6 Å². The Labute approximate surface area is 136 Å². The van der Waals surface area contributed by atoms with Gasteiger partial charge in [0.15, 0.2) is 0 Å². The van der Waals surface area contributed by atoms with Crippen LogP contribution in [0.25, 0.3) is 11.3 Å². The van der Waals surface area contributed by atoms with E-state index in [9.17, 15) is 19.2 Å². The molecule has 2 aromatic heterocycles. The molecule has 1 atom stereocenters. The highest BCUT2D eigenvalue weighted by atomic mass is 16.2. The van der Waals surface area contributed by atoms with Crippen molar-refractivity contribution in [2.45, 2.75) is 26.3 Å². The maximum absolute atomic E-state index is 12.1. The lowest BCUT2D eigenvalue weighted by molar-refractivity contribution is -0.128. The fourth-order valence-corrected chi connectivity index (χ4v) is 2.25. The van der Waals surface area contributed by atoms with Crippen molar-refractivity contribution in [3.05, 3.63) is 39.1 Å². The lowest BCUT2D eigenvalue weighted by atomic mass is 10.1. The van der Waals surface area contributed by atoms with Crippen LogP contribution in [0.3, 0.4) is 0 Å². The summed E-state index contributed by atoms with van der Waals surface area (Å²) in [5.74, 6) is -0.696. The fraction of sp³-hybridized carbons (Fsp3) is 0.357. The van der Waals surface area contributed by atoms with Gasteiger partial charge >= 0.3 is 5.69 Å². The number of nitrogens with one attached hydrogen (secondary N) is 5. The number of hydrogen-bond acceptors (Lipinski definition) is 5. The summed E-state index contributed by atoms with van der Waals surface area (Å²) in [6.45, 7) is 3.50. The molecule has 2 heterocycles. The predicted octanol–water partition coefficient (Wildman–Crippen LogP) is -1.36. The zero-order valence-corrected chi connectivity index (χ0v) is 13.2. The van der Waals surface area contributed by atoms with Crippen LogP contribution in [0.1, 0.15) is 19.5 Å². The van der Waals surface area contributed by atoms with E-state index in [4.69, 9.17) is 0 Å². The van der Waals surface area contributed by atoms with Crippen molar-refractivity contribution in [2.24, 2.45) is 0 Å². The van der Waals surface area contributed by atoms with Crippen LogP contribution in [0.5, 0.6) is 0 Å². The maximum atomic E-state index is 12.1. The topological polar surface area (TPSA) is 153 Å². The fourth-order valence-electron chi connectivity index (χ4n) is 2.25. The molecule has 1 unspecified atom stereocenters. The van der Waals surface area contributed by atoms with Gasteiger partial charge in [0, 0.05) is 31.8 Å². The van der Waals surface area contributed by atoms with Crippen molar-refractivity contribution in [3.63, 3.8) is 0 Å². The number of aromatic nitrogens is 4. The standard InChI is InChI=1S/C14H18N6O4/c1-3-15-13(23)10(19-7(2)21)4-9-11(18-6-17-9)8-5-16-14(24)20-12(8)22/h5-6,10H,3-4H2,1-2H3,(H,15,23)(H,17,18)(H,19,21)(H2,16,20,22,24). The van der Waals surface area contributed by atoms with E-state index in [-0.39, 0.29) is 23.8 Å². The Morgan fingerprint density at radius 3 is 2.67 bits per heavy atom. The predicted molar refractivity (Wildman–Crippen MR) is 85.3 cm³/mol. The van der Waals surface area contributed by atoms with Gasteiger partial charge in [-0.3, -0.25) is 19.4 Å². The Balaban J connectivity index is 2.34. The average molecular weight is 334 g/mol. The first-order valence-electron chi connectivity index (χ1n) is 7.31. The molecule has 10 heteroatoms. The molecule has 128 valence electrons. The van der Waals surface area contributed by atoms with Gasteiger partial charge < -0.3 is 20.6 Å². The molecule has 2 amide bonds. The van der Waals surface area contributed by atoms with Crippen LogP contribution in [-0.4, -0.2) is 44.3 Å². The molecule has 0 aliphatic rings. The number of aromatic amines is 3. The number of H-pyrrole nitrogens is 3. The summed E-state index contributed by atoms with van der Waals surface area (Å²) >= 11 is 0. The van der Waals surface area contributed by atoms with Crippen LogP contribution >= 0.6 is 0 Å². The molecule has 5 N–H and O–H groups in total. The largest absolute Gasteiger partial charge is 0.355 e. The van der Waals surface area contributed by atoms with Gasteiger partial charge in [-0.15, -0.1) is 0 Å². The van der Waals surface area contributed by atoms with Crippen LogP contribution in [0, 0.1) is 0 Å². The van der Waals surface area contributed by atoms with Crippen LogP contribution in [-0.2, 0) is 16.0 Å². The van der Waals surface area contributed by atoms with Crippen LogP contribution in [0.4, 0.5) is 0 Å². The number of rotatable bonds is 6. The first kappa shape index (κ1) is 17.2. The molecule has 0 radical (unpaired) electrons. The third-order valence-corrected chi connectivity index (χ3v) is 3.25. The van der Waals surface area contributed by atoms with Crippen molar-refractivity contribution in [2.75, 3.05) is 6.54 Å². The minimum absolute atomic E-state index is 0.110. The van der Waals surface area contributed by atoms with Gasteiger partial charge in [0.25, 0.3) is 5.56 Å². The normalized spacial score (nSPS) is 11.8. The molecule has 0 aliphatic carbocycles. The van der Waals surface area contributed by atoms with E-state index < -0.39 is 17.3 Å². The lowest BCUT2D eigenvalue weighted by Gasteiger charge is -2.17. The second-order valence-corrected chi connectivity index (χ2v) is 5.07. The number of amides is 2. The van der Waals surface area contributed by atoms with Crippen molar-refractivity contribution < 1.29 is 9.59 Å². The number of carbonyl (C=O) groups is 2. The van der Waals surface area contributed by atoms with E-state index >= 15 is 0 Å². The third kappa shape index (κ3) is 3.97. The Morgan fingerprint density at radius 1 is 1.29 bits per heavy atom.